The van der Waals surface area contributed by atoms with Crippen LogP contribution in [0.4, 0.5) is 0 Å². The van der Waals surface area contributed by atoms with Gasteiger partial charge in [0.25, 0.3) is 5.91 Å². The molecule has 1 atom stereocenters. The number of hydrogen-bond donors (Lipinski definition) is 2. The number of rotatable bonds is 4. The lowest BCUT2D eigenvalue weighted by atomic mass is 10.2. The number of amides is 1. The molecule has 0 radical (unpaired) electrons. The predicted octanol–water partition coefficient (Wildman–Crippen LogP) is 1.34. The molecule has 0 aliphatic carbocycles. The number of aliphatic carboxylic acids is 1. The first kappa shape index (κ1) is 10.7. The van der Waals surface area contributed by atoms with E-state index in [1.165, 1.54) is 11.3 Å². The molecule has 0 bridgehead atoms. The number of carbonyl (C=O) groups is 2. The molecule has 0 aromatic carbocycles. The Morgan fingerprint density at radius 2 is 2.36 bits per heavy atom. The molecule has 1 amide bonds. The molecule has 0 spiro atoms. The minimum atomic E-state index is -1.00. The van der Waals surface area contributed by atoms with Crippen molar-refractivity contribution in [2.75, 3.05) is 0 Å². The molecule has 14 heavy (non-hydrogen) atoms. The fourth-order valence-electron chi connectivity index (χ4n) is 0.974. The smallest absolute Gasteiger partial charge is 0.326 e. The van der Waals surface area contributed by atoms with Crippen molar-refractivity contribution in [2.24, 2.45) is 0 Å². The first-order valence-electron chi connectivity index (χ1n) is 4.21. The lowest BCUT2D eigenvalue weighted by molar-refractivity contribution is -0.139. The Hall–Kier alpha value is -1.36. The Morgan fingerprint density at radius 1 is 1.64 bits per heavy atom. The van der Waals surface area contributed by atoms with Crippen molar-refractivity contribution in [1.29, 1.82) is 0 Å². The van der Waals surface area contributed by atoms with Gasteiger partial charge in [0.1, 0.15) is 6.04 Å². The Labute approximate surface area is 85.6 Å². The fourth-order valence-corrected chi connectivity index (χ4v) is 1.61. The molecule has 2 N–H and O–H groups in total. The van der Waals surface area contributed by atoms with E-state index in [1.54, 1.807) is 23.8 Å². The average Bonchev–Trinajstić information content (AvgIpc) is 2.65. The summed E-state index contributed by atoms with van der Waals surface area (Å²) < 4.78 is 0. The van der Waals surface area contributed by atoms with E-state index in [2.05, 4.69) is 5.32 Å². The molecule has 76 valence electrons. The number of hydrogen-bond acceptors (Lipinski definition) is 3. The minimum Gasteiger partial charge on any atom is -0.480 e. The van der Waals surface area contributed by atoms with Crippen molar-refractivity contribution in [3.05, 3.63) is 22.4 Å². The number of thiophene rings is 1. The standard InChI is InChI=1S/C9H11NO3S/c1-2-7(9(12)13)10-8(11)6-3-4-14-5-6/h3-5,7H,2H2,1H3,(H,10,11)(H,12,13). The summed E-state index contributed by atoms with van der Waals surface area (Å²) in [6, 6.07) is 0.858. The molecule has 1 rings (SSSR count). The number of nitrogens with one attached hydrogen (secondary N) is 1. The fraction of sp³-hybridized carbons (Fsp3) is 0.333. The molecule has 0 saturated heterocycles. The molecular formula is C9H11NO3S. The second-order valence-electron chi connectivity index (χ2n) is 2.78. The summed E-state index contributed by atoms with van der Waals surface area (Å²) in [6.07, 6.45) is 0.380. The maximum atomic E-state index is 11.4. The van der Waals surface area contributed by atoms with Crippen LogP contribution >= 0.6 is 11.3 Å². The topological polar surface area (TPSA) is 66.4 Å². The zero-order valence-corrected chi connectivity index (χ0v) is 8.50. The van der Waals surface area contributed by atoms with Gasteiger partial charge in [0.2, 0.25) is 0 Å². The van der Waals surface area contributed by atoms with E-state index in [-0.39, 0.29) is 5.91 Å². The summed E-state index contributed by atoms with van der Waals surface area (Å²) in [7, 11) is 0. The summed E-state index contributed by atoms with van der Waals surface area (Å²) >= 11 is 1.40. The van der Waals surface area contributed by atoms with Gasteiger partial charge < -0.3 is 10.4 Å². The molecule has 5 heteroatoms. The van der Waals surface area contributed by atoms with Crippen molar-refractivity contribution >= 4 is 23.2 Å². The molecule has 1 heterocycles. The van der Waals surface area contributed by atoms with Crippen molar-refractivity contribution < 1.29 is 14.7 Å². The van der Waals surface area contributed by atoms with Gasteiger partial charge in [-0.2, -0.15) is 11.3 Å². The van der Waals surface area contributed by atoms with E-state index in [9.17, 15) is 9.59 Å². The van der Waals surface area contributed by atoms with Crippen LogP contribution in [0.3, 0.4) is 0 Å². The second kappa shape index (κ2) is 4.76. The van der Waals surface area contributed by atoms with Crippen LogP contribution in [0.5, 0.6) is 0 Å². The van der Waals surface area contributed by atoms with Crippen LogP contribution in [0.2, 0.25) is 0 Å². The largest absolute Gasteiger partial charge is 0.480 e. The Bertz CT molecular complexity index is 321. The third-order valence-electron chi connectivity index (χ3n) is 1.80. The summed E-state index contributed by atoms with van der Waals surface area (Å²) in [4.78, 5) is 22.0. The van der Waals surface area contributed by atoms with Gasteiger partial charge in [-0.15, -0.1) is 0 Å². The highest BCUT2D eigenvalue weighted by molar-refractivity contribution is 7.08. The third kappa shape index (κ3) is 2.56. The highest BCUT2D eigenvalue weighted by Crippen LogP contribution is 2.06. The first-order chi connectivity index (χ1) is 6.65. The quantitative estimate of drug-likeness (QED) is 0.793. The minimum absolute atomic E-state index is 0.333. The van der Waals surface area contributed by atoms with E-state index in [0.717, 1.165) is 0 Å². The lowest BCUT2D eigenvalue weighted by Gasteiger charge is -2.10. The number of carboxylic acid groups (broad SMARTS) is 1. The maximum Gasteiger partial charge on any atom is 0.326 e. The van der Waals surface area contributed by atoms with Crippen LogP contribution in [0.15, 0.2) is 16.8 Å². The summed E-state index contributed by atoms with van der Waals surface area (Å²) in [5, 5.41) is 14.6. The zero-order valence-electron chi connectivity index (χ0n) is 7.69. The molecule has 0 fully saturated rings. The summed E-state index contributed by atoms with van der Waals surface area (Å²) in [6.45, 7) is 1.71. The van der Waals surface area contributed by atoms with Gasteiger partial charge in [0.05, 0.1) is 5.56 Å². The normalized spacial score (nSPS) is 12.1. The Morgan fingerprint density at radius 3 is 2.79 bits per heavy atom. The van der Waals surface area contributed by atoms with Crippen LogP contribution in [-0.2, 0) is 4.79 Å². The Balaban J connectivity index is 2.60. The molecule has 1 aromatic rings. The molecule has 1 unspecified atom stereocenters. The van der Waals surface area contributed by atoms with Gasteiger partial charge in [-0.3, -0.25) is 4.79 Å². The highest BCUT2D eigenvalue weighted by atomic mass is 32.1. The van der Waals surface area contributed by atoms with Crippen molar-refractivity contribution in [3.63, 3.8) is 0 Å². The van der Waals surface area contributed by atoms with Crippen LogP contribution in [-0.4, -0.2) is 23.0 Å². The first-order valence-corrected chi connectivity index (χ1v) is 5.15. The van der Waals surface area contributed by atoms with Crippen LogP contribution in [0.25, 0.3) is 0 Å². The van der Waals surface area contributed by atoms with Gasteiger partial charge >= 0.3 is 5.97 Å². The van der Waals surface area contributed by atoms with Gasteiger partial charge in [-0.25, -0.2) is 4.79 Å². The van der Waals surface area contributed by atoms with E-state index >= 15 is 0 Å². The monoisotopic (exact) mass is 213 g/mol. The van der Waals surface area contributed by atoms with Crippen LogP contribution < -0.4 is 5.32 Å². The molecular weight excluding hydrogens is 202 g/mol. The average molecular weight is 213 g/mol. The molecule has 4 nitrogen and oxygen atoms in total. The van der Waals surface area contributed by atoms with Gasteiger partial charge in [0, 0.05) is 5.38 Å². The number of carboxylic acids is 1. The van der Waals surface area contributed by atoms with E-state index < -0.39 is 12.0 Å². The van der Waals surface area contributed by atoms with E-state index in [1.807, 2.05) is 0 Å². The third-order valence-corrected chi connectivity index (χ3v) is 2.48. The van der Waals surface area contributed by atoms with E-state index in [4.69, 9.17) is 5.11 Å². The molecule has 0 saturated carbocycles. The van der Waals surface area contributed by atoms with Gasteiger partial charge in [-0.1, -0.05) is 6.92 Å². The molecule has 1 aromatic heterocycles. The van der Waals surface area contributed by atoms with Crippen molar-refractivity contribution in [2.45, 2.75) is 19.4 Å². The van der Waals surface area contributed by atoms with Crippen molar-refractivity contribution in [1.82, 2.24) is 5.32 Å². The predicted molar refractivity (Wildman–Crippen MR) is 53.5 cm³/mol. The zero-order chi connectivity index (χ0) is 10.6. The molecule has 0 aliphatic heterocycles. The van der Waals surface area contributed by atoms with Crippen LogP contribution in [0.1, 0.15) is 23.7 Å². The number of carbonyl (C=O) groups excluding carboxylic acids is 1. The SMILES string of the molecule is CCC(NC(=O)c1ccsc1)C(=O)O. The molecule has 0 aliphatic rings. The van der Waals surface area contributed by atoms with Gasteiger partial charge in [-0.05, 0) is 17.9 Å². The Kier molecular flexibility index (Phi) is 3.64. The van der Waals surface area contributed by atoms with E-state index in [0.29, 0.717) is 12.0 Å². The van der Waals surface area contributed by atoms with Crippen molar-refractivity contribution in [3.8, 4) is 0 Å². The van der Waals surface area contributed by atoms with Gasteiger partial charge in [0.15, 0.2) is 0 Å². The maximum absolute atomic E-state index is 11.4. The summed E-state index contributed by atoms with van der Waals surface area (Å²) in [5.74, 6) is -1.34. The highest BCUT2D eigenvalue weighted by Gasteiger charge is 2.18. The lowest BCUT2D eigenvalue weighted by Crippen LogP contribution is -2.40. The van der Waals surface area contributed by atoms with Crippen LogP contribution in [0, 0.1) is 0 Å². The second-order valence-corrected chi connectivity index (χ2v) is 3.56. The summed E-state index contributed by atoms with van der Waals surface area (Å²) in [5.41, 5.74) is 0.509.